The summed E-state index contributed by atoms with van der Waals surface area (Å²) < 4.78 is 13.2. The molecule has 200 valence electrons. The van der Waals surface area contributed by atoms with Crippen LogP contribution >= 0.6 is 0 Å². The number of amides is 1. The molecule has 0 aliphatic carbocycles. The maximum atomic E-state index is 13.4. The van der Waals surface area contributed by atoms with E-state index in [-0.39, 0.29) is 11.3 Å². The first-order valence-electron chi connectivity index (χ1n) is 13.0. The number of benzene rings is 3. The lowest BCUT2D eigenvalue weighted by Crippen LogP contribution is -2.31. The molecule has 1 aromatic heterocycles. The van der Waals surface area contributed by atoms with Crippen molar-refractivity contribution < 1.29 is 24.2 Å². The summed E-state index contributed by atoms with van der Waals surface area (Å²) in [7, 11) is 3.53. The highest BCUT2D eigenvalue weighted by Crippen LogP contribution is 2.42. The van der Waals surface area contributed by atoms with E-state index in [0.29, 0.717) is 37.5 Å². The smallest absolute Gasteiger partial charge is 0.295 e. The van der Waals surface area contributed by atoms with Crippen LogP contribution in [0.5, 0.6) is 5.75 Å². The molecule has 5 rings (SSSR count). The molecule has 0 spiro atoms. The van der Waals surface area contributed by atoms with E-state index in [9.17, 15) is 14.7 Å². The third kappa shape index (κ3) is 5.05. The van der Waals surface area contributed by atoms with Gasteiger partial charge in [-0.3, -0.25) is 9.59 Å². The molecular formula is C32H32N2O5. The second-order valence-corrected chi connectivity index (χ2v) is 9.81. The molecule has 39 heavy (non-hydrogen) atoms. The Bertz CT molecular complexity index is 1550. The summed E-state index contributed by atoms with van der Waals surface area (Å²) in [5.74, 6) is -0.825. The summed E-state index contributed by atoms with van der Waals surface area (Å²) >= 11 is 0. The van der Waals surface area contributed by atoms with E-state index in [1.807, 2.05) is 79.3 Å². The zero-order valence-corrected chi connectivity index (χ0v) is 22.4. The van der Waals surface area contributed by atoms with Crippen LogP contribution in [0.2, 0.25) is 0 Å². The SMILES string of the molecule is COCCCN1C(=O)C(=O)/C(=C(/O)c2ccc(OCc3ccccc3)c(C)c2)C1c1cn(C)c2ccccc12. The molecule has 0 bridgehead atoms. The first kappa shape index (κ1) is 26.3. The van der Waals surface area contributed by atoms with Crippen LogP contribution in [0, 0.1) is 6.92 Å². The van der Waals surface area contributed by atoms with Crippen molar-refractivity contribution in [2.75, 3.05) is 20.3 Å². The summed E-state index contributed by atoms with van der Waals surface area (Å²) in [4.78, 5) is 28.3. The highest BCUT2D eigenvalue weighted by molar-refractivity contribution is 6.46. The predicted octanol–water partition coefficient (Wildman–Crippen LogP) is 5.52. The van der Waals surface area contributed by atoms with Gasteiger partial charge in [-0.05, 0) is 48.7 Å². The molecule has 1 unspecified atom stereocenters. The van der Waals surface area contributed by atoms with E-state index in [1.165, 1.54) is 0 Å². The number of fused-ring (bicyclic) bond motifs is 1. The number of hydrogen-bond acceptors (Lipinski definition) is 5. The fourth-order valence-electron chi connectivity index (χ4n) is 5.25. The van der Waals surface area contributed by atoms with Crippen molar-refractivity contribution in [1.29, 1.82) is 0 Å². The lowest BCUT2D eigenvalue weighted by atomic mass is 9.94. The van der Waals surface area contributed by atoms with Gasteiger partial charge in [-0.25, -0.2) is 0 Å². The van der Waals surface area contributed by atoms with Gasteiger partial charge < -0.3 is 24.0 Å². The van der Waals surface area contributed by atoms with Gasteiger partial charge >= 0.3 is 0 Å². The summed E-state index contributed by atoms with van der Waals surface area (Å²) in [5, 5.41) is 12.5. The van der Waals surface area contributed by atoms with Crippen molar-refractivity contribution in [1.82, 2.24) is 9.47 Å². The number of nitrogens with zero attached hydrogens (tertiary/aromatic N) is 2. The van der Waals surface area contributed by atoms with Crippen molar-refractivity contribution in [3.8, 4) is 5.75 Å². The first-order chi connectivity index (χ1) is 18.9. The number of aromatic nitrogens is 1. The van der Waals surface area contributed by atoms with Crippen molar-refractivity contribution in [2.45, 2.75) is 26.0 Å². The van der Waals surface area contributed by atoms with Gasteiger partial charge in [-0.15, -0.1) is 0 Å². The molecule has 1 fully saturated rings. The second-order valence-electron chi connectivity index (χ2n) is 9.81. The van der Waals surface area contributed by atoms with Gasteiger partial charge in [-0.1, -0.05) is 48.5 Å². The molecule has 0 saturated carbocycles. The minimum atomic E-state index is -0.720. The van der Waals surface area contributed by atoms with Crippen LogP contribution in [0.25, 0.3) is 16.7 Å². The average Bonchev–Trinajstić information content (AvgIpc) is 3.41. The number of para-hydroxylation sites is 1. The van der Waals surface area contributed by atoms with Gasteiger partial charge in [0.1, 0.15) is 18.1 Å². The molecule has 7 heteroatoms. The van der Waals surface area contributed by atoms with Gasteiger partial charge in [0.25, 0.3) is 11.7 Å². The zero-order chi connectivity index (χ0) is 27.5. The van der Waals surface area contributed by atoms with Crippen molar-refractivity contribution in [3.05, 3.63) is 107 Å². The Morgan fingerprint density at radius 1 is 1.00 bits per heavy atom. The normalized spacial score (nSPS) is 16.8. The lowest BCUT2D eigenvalue weighted by molar-refractivity contribution is -0.140. The number of methoxy groups -OCH3 is 1. The maximum Gasteiger partial charge on any atom is 0.295 e. The number of ketones is 1. The van der Waals surface area contributed by atoms with Crippen LogP contribution in [0.4, 0.5) is 0 Å². The number of carbonyl (C=O) groups excluding carboxylic acids is 2. The zero-order valence-electron chi connectivity index (χ0n) is 22.4. The monoisotopic (exact) mass is 524 g/mol. The number of aliphatic hydroxyl groups is 1. The van der Waals surface area contributed by atoms with E-state index in [4.69, 9.17) is 9.47 Å². The fraction of sp³-hybridized carbons (Fsp3) is 0.250. The number of likely N-dealkylation sites (tertiary alicyclic amines) is 1. The highest BCUT2D eigenvalue weighted by atomic mass is 16.5. The summed E-state index contributed by atoms with van der Waals surface area (Å²) in [6.45, 7) is 3.09. The molecule has 1 amide bonds. The second kappa shape index (κ2) is 11.2. The van der Waals surface area contributed by atoms with Gasteiger partial charge in [-0.2, -0.15) is 0 Å². The van der Waals surface area contributed by atoms with Crippen LogP contribution in [-0.2, 0) is 28.0 Å². The number of hydrogen-bond donors (Lipinski definition) is 1. The van der Waals surface area contributed by atoms with Gasteiger partial charge in [0.2, 0.25) is 0 Å². The Labute approximate surface area is 227 Å². The number of Topliss-reactive ketones (excluding diaryl/α,β-unsaturated/α-hetero) is 1. The minimum absolute atomic E-state index is 0.0890. The fourth-order valence-corrected chi connectivity index (χ4v) is 5.25. The highest BCUT2D eigenvalue weighted by Gasteiger charge is 2.46. The quantitative estimate of drug-likeness (QED) is 0.135. The van der Waals surface area contributed by atoms with Crippen LogP contribution < -0.4 is 4.74 Å². The number of rotatable bonds is 9. The molecule has 7 nitrogen and oxygen atoms in total. The van der Waals surface area contributed by atoms with Gasteiger partial charge in [0.15, 0.2) is 0 Å². The minimum Gasteiger partial charge on any atom is -0.507 e. The third-order valence-electron chi connectivity index (χ3n) is 7.20. The Balaban J connectivity index is 1.55. The molecule has 4 aromatic rings. The van der Waals surface area contributed by atoms with Crippen LogP contribution in [0.15, 0.2) is 84.6 Å². The van der Waals surface area contributed by atoms with Crippen LogP contribution in [0.3, 0.4) is 0 Å². The van der Waals surface area contributed by atoms with Crippen LogP contribution in [-0.4, -0.2) is 46.5 Å². The van der Waals surface area contributed by atoms with Crippen molar-refractivity contribution >= 4 is 28.4 Å². The predicted molar refractivity (Wildman–Crippen MR) is 150 cm³/mol. The summed E-state index contributed by atoms with van der Waals surface area (Å²) in [6, 6.07) is 22.3. The molecule has 1 aliphatic heterocycles. The standard InChI is InChI=1S/C32H32N2O5/c1-21-18-23(14-15-27(21)39-20-22-10-5-4-6-11-22)30(35)28-29(34(16-9-17-38-3)32(37)31(28)36)25-19-33(2)26-13-8-7-12-24(25)26/h4-8,10-15,18-19,29,35H,9,16-17,20H2,1-3H3/b30-28+. The van der Waals surface area contributed by atoms with Crippen molar-refractivity contribution in [3.63, 3.8) is 0 Å². The van der Waals surface area contributed by atoms with Gasteiger partial charge in [0.05, 0.1) is 11.6 Å². The molecule has 1 N–H and O–H groups in total. The first-order valence-corrected chi connectivity index (χ1v) is 13.0. The molecule has 1 saturated heterocycles. The number of aryl methyl sites for hydroxylation is 2. The van der Waals surface area contributed by atoms with Crippen molar-refractivity contribution in [2.24, 2.45) is 7.05 Å². The Morgan fingerprint density at radius 3 is 2.49 bits per heavy atom. The average molecular weight is 525 g/mol. The third-order valence-corrected chi connectivity index (χ3v) is 7.20. The topological polar surface area (TPSA) is 81.0 Å². The van der Waals surface area contributed by atoms with E-state index >= 15 is 0 Å². The van der Waals surface area contributed by atoms with E-state index in [2.05, 4.69) is 0 Å². The molecule has 2 heterocycles. The lowest BCUT2D eigenvalue weighted by Gasteiger charge is -2.25. The summed E-state index contributed by atoms with van der Waals surface area (Å²) in [5.41, 5.74) is 4.18. The van der Waals surface area contributed by atoms with Gasteiger partial charge in [0, 0.05) is 55.5 Å². The number of carbonyl (C=O) groups is 2. The summed E-state index contributed by atoms with van der Waals surface area (Å²) in [6.07, 6.45) is 2.50. The van der Waals surface area contributed by atoms with Crippen LogP contribution in [0.1, 0.15) is 34.7 Å². The van der Waals surface area contributed by atoms with E-state index < -0.39 is 17.7 Å². The largest absolute Gasteiger partial charge is 0.507 e. The number of aliphatic hydroxyl groups excluding tert-OH is 1. The Hall–Kier alpha value is -4.36. The van der Waals surface area contributed by atoms with E-state index in [1.54, 1.807) is 30.2 Å². The Kier molecular flexibility index (Phi) is 7.52. The Morgan fingerprint density at radius 2 is 1.74 bits per heavy atom. The molecule has 0 radical (unpaired) electrons. The molecular weight excluding hydrogens is 492 g/mol. The van der Waals surface area contributed by atoms with E-state index in [0.717, 1.165) is 27.6 Å². The molecule has 1 atom stereocenters. The molecule has 3 aromatic carbocycles. The molecule has 1 aliphatic rings. The maximum absolute atomic E-state index is 13.4. The number of ether oxygens (including phenoxy) is 2.